The lowest BCUT2D eigenvalue weighted by molar-refractivity contribution is 0.668. The van der Waals surface area contributed by atoms with E-state index < -0.39 is 0 Å². The molecule has 3 aromatic heterocycles. The van der Waals surface area contributed by atoms with E-state index >= 15 is 0 Å². The van der Waals surface area contributed by atoms with Crippen LogP contribution < -0.4 is 0 Å². The minimum absolute atomic E-state index is 0.728. The second kappa shape index (κ2) is 10.9. The van der Waals surface area contributed by atoms with Crippen molar-refractivity contribution in [1.29, 1.82) is 0 Å². The largest absolute Gasteiger partial charge is 0.456 e. The molecule has 0 unspecified atom stereocenters. The summed E-state index contributed by atoms with van der Waals surface area (Å²) >= 11 is 0. The molecule has 51 heavy (non-hydrogen) atoms. The molecule has 0 aliphatic heterocycles. The van der Waals surface area contributed by atoms with Crippen molar-refractivity contribution in [2.24, 2.45) is 0 Å². The van der Waals surface area contributed by atoms with Gasteiger partial charge in [-0.05, 0) is 69.8 Å². The fraction of sp³-hybridized carbons (Fsp3) is 0.0213. The van der Waals surface area contributed by atoms with Crippen molar-refractivity contribution in [3.05, 3.63) is 169 Å². The molecule has 0 N–H and O–H groups in total. The van der Waals surface area contributed by atoms with Gasteiger partial charge in [0.2, 0.25) is 0 Å². The molecule has 11 rings (SSSR count). The van der Waals surface area contributed by atoms with Crippen LogP contribution in [0.25, 0.3) is 99.9 Å². The van der Waals surface area contributed by atoms with E-state index in [1.807, 2.05) is 30.3 Å². The molecule has 0 saturated carbocycles. The molecule has 0 saturated heterocycles. The monoisotopic (exact) mass is 652 g/mol. The maximum Gasteiger partial charge on any atom is 0.160 e. The van der Waals surface area contributed by atoms with Gasteiger partial charge in [-0.2, -0.15) is 0 Å². The Balaban J connectivity index is 1.13. The summed E-state index contributed by atoms with van der Waals surface area (Å²) in [5, 5.41) is 4.34. The van der Waals surface area contributed by atoms with Gasteiger partial charge < -0.3 is 8.83 Å². The summed E-state index contributed by atoms with van der Waals surface area (Å²) < 4.78 is 12.7. The first kappa shape index (κ1) is 28.1. The SMILES string of the molecule is c1ccc(-c2ccc3c(c2)Cc2nc(-c4ccccc4)nc(-c4cccc5oc6ccc(-c7ccc8oc9ccccc9c8c7)cc6c45)c2-3)cc1. The van der Waals surface area contributed by atoms with Gasteiger partial charge in [0.25, 0.3) is 0 Å². The Hall–Kier alpha value is -6.78. The topological polar surface area (TPSA) is 52.1 Å². The summed E-state index contributed by atoms with van der Waals surface area (Å²) in [5.74, 6) is 0.728. The molecule has 0 atom stereocenters. The molecule has 3 heterocycles. The first-order valence-electron chi connectivity index (χ1n) is 17.3. The minimum Gasteiger partial charge on any atom is -0.456 e. The minimum atomic E-state index is 0.728. The van der Waals surface area contributed by atoms with Crippen molar-refractivity contribution < 1.29 is 8.83 Å². The summed E-state index contributed by atoms with van der Waals surface area (Å²) in [6.45, 7) is 0. The molecule has 1 aliphatic rings. The van der Waals surface area contributed by atoms with E-state index in [1.54, 1.807) is 0 Å². The summed E-state index contributed by atoms with van der Waals surface area (Å²) in [6, 6.07) is 55.1. The van der Waals surface area contributed by atoms with Crippen LogP contribution >= 0.6 is 0 Å². The average Bonchev–Trinajstić information content (AvgIpc) is 3.88. The summed E-state index contributed by atoms with van der Waals surface area (Å²) in [4.78, 5) is 10.6. The van der Waals surface area contributed by atoms with Gasteiger partial charge in [-0.3, -0.25) is 0 Å². The normalized spacial score (nSPS) is 12.2. The highest BCUT2D eigenvalue weighted by Gasteiger charge is 2.28. The standard InChI is InChI=1S/C47H28N2O2/c1-3-10-28(11-4-1)30-18-21-34-33(24-30)27-39-45(34)46(49-47(48-39)29-12-5-2-6-13-29)36-15-9-17-43-44(36)38-26-32(20-23-42(38)51-43)31-19-22-41-37(25-31)35-14-7-8-16-40(35)50-41/h1-26H,27H2. The number of nitrogens with zero attached hydrogens (tertiary/aromatic N) is 2. The number of fused-ring (bicyclic) bond motifs is 9. The highest BCUT2D eigenvalue weighted by molar-refractivity contribution is 6.15. The molecule has 0 fully saturated rings. The Kier molecular flexibility index (Phi) is 5.98. The van der Waals surface area contributed by atoms with Gasteiger partial charge in [0.15, 0.2) is 5.82 Å². The van der Waals surface area contributed by atoms with E-state index in [2.05, 4.69) is 127 Å². The highest BCUT2D eigenvalue weighted by atomic mass is 16.3. The highest BCUT2D eigenvalue weighted by Crippen LogP contribution is 2.47. The number of rotatable bonds is 4. The zero-order chi connectivity index (χ0) is 33.5. The first-order chi connectivity index (χ1) is 25.2. The third-order valence-electron chi connectivity index (χ3n) is 10.3. The number of furan rings is 2. The van der Waals surface area contributed by atoms with Gasteiger partial charge in [0, 0.05) is 44.7 Å². The van der Waals surface area contributed by atoms with E-state index in [0.29, 0.717) is 0 Å². The lowest BCUT2D eigenvalue weighted by Gasteiger charge is -2.13. The van der Waals surface area contributed by atoms with Crippen molar-refractivity contribution in [3.8, 4) is 56.0 Å². The molecule has 4 heteroatoms. The van der Waals surface area contributed by atoms with Gasteiger partial charge in [-0.25, -0.2) is 9.97 Å². The predicted molar refractivity (Wildman–Crippen MR) is 207 cm³/mol. The number of aromatic nitrogens is 2. The average molecular weight is 653 g/mol. The van der Waals surface area contributed by atoms with Crippen LogP contribution in [0, 0.1) is 0 Å². The summed E-state index contributed by atoms with van der Waals surface area (Å²) in [6.07, 6.45) is 0.748. The summed E-state index contributed by atoms with van der Waals surface area (Å²) in [5.41, 5.74) is 15.7. The molecular formula is C47H28N2O2. The van der Waals surface area contributed by atoms with Crippen LogP contribution in [0.15, 0.2) is 167 Å². The van der Waals surface area contributed by atoms with Crippen LogP contribution in [-0.2, 0) is 6.42 Å². The quantitative estimate of drug-likeness (QED) is 0.190. The van der Waals surface area contributed by atoms with Gasteiger partial charge in [0.1, 0.15) is 22.3 Å². The Labute approximate surface area is 293 Å². The molecule has 4 nitrogen and oxygen atoms in total. The van der Waals surface area contributed by atoms with Gasteiger partial charge in [-0.15, -0.1) is 0 Å². The van der Waals surface area contributed by atoms with Crippen molar-refractivity contribution in [2.75, 3.05) is 0 Å². The zero-order valence-electron chi connectivity index (χ0n) is 27.4. The van der Waals surface area contributed by atoms with Gasteiger partial charge in [-0.1, -0.05) is 121 Å². The molecule has 0 amide bonds. The van der Waals surface area contributed by atoms with Gasteiger partial charge >= 0.3 is 0 Å². The molecule has 0 spiro atoms. The van der Waals surface area contributed by atoms with E-state index in [0.717, 1.165) is 95.3 Å². The first-order valence-corrected chi connectivity index (χ1v) is 17.3. The van der Waals surface area contributed by atoms with Crippen LogP contribution in [0.3, 0.4) is 0 Å². The fourth-order valence-electron chi connectivity index (χ4n) is 7.91. The number of hydrogen-bond donors (Lipinski definition) is 0. The van der Waals surface area contributed by atoms with Crippen LogP contribution in [0.2, 0.25) is 0 Å². The Bertz CT molecular complexity index is 2990. The zero-order valence-corrected chi connectivity index (χ0v) is 27.4. The lowest BCUT2D eigenvalue weighted by Crippen LogP contribution is -1.99. The third kappa shape index (κ3) is 4.40. The van der Waals surface area contributed by atoms with E-state index in [1.165, 1.54) is 22.3 Å². The molecule has 0 radical (unpaired) electrons. The van der Waals surface area contributed by atoms with E-state index in [4.69, 9.17) is 18.8 Å². The smallest absolute Gasteiger partial charge is 0.160 e. The maximum absolute atomic E-state index is 6.53. The van der Waals surface area contributed by atoms with Crippen molar-refractivity contribution in [3.63, 3.8) is 0 Å². The van der Waals surface area contributed by atoms with Gasteiger partial charge in [0.05, 0.1) is 11.4 Å². The Morgan fingerprint density at radius 2 is 1.04 bits per heavy atom. The molecule has 1 aliphatic carbocycles. The van der Waals surface area contributed by atoms with Crippen LogP contribution in [0.4, 0.5) is 0 Å². The van der Waals surface area contributed by atoms with E-state index in [-0.39, 0.29) is 0 Å². The predicted octanol–water partition coefficient (Wildman–Crippen LogP) is 12.5. The fourth-order valence-corrected chi connectivity index (χ4v) is 7.91. The molecule has 10 aromatic rings. The molecule has 238 valence electrons. The maximum atomic E-state index is 6.53. The van der Waals surface area contributed by atoms with Crippen LogP contribution in [-0.4, -0.2) is 9.97 Å². The van der Waals surface area contributed by atoms with Crippen LogP contribution in [0.1, 0.15) is 11.3 Å². The Morgan fingerprint density at radius 1 is 0.412 bits per heavy atom. The summed E-state index contributed by atoms with van der Waals surface area (Å²) in [7, 11) is 0. The number of benzene rings is 7. The second-order valence-corrected chi connectivity index (χ2v) is 13.3. The molecule has 7 aromatic carbocycles. The number of para-hydroxylation sites is 1. The lowest BCUT2D eigenvalue weighted by atomic mass is 9.94. The number of hydrogen-bond acceptors (Lipinski definition) is 4. The molecular weight excluding hydrogens is 625 g/mol. The van der Waals surface area contributed by atoms with Crippen molar-refractivity contribution >= 4 is 43.9 Å². The van der Waals surface area contributed by atoms with Crippen molar-refractivity contribution in [2.45, 2.75) is 6.42 Å². The molecule has 0 bridgehead atoms. The van der Waals surface area contributed by atoms with Crippen molar-refractivity contribution in [1.82, 2.24) is 9.97 Å². The Morgan fingerprint density at radius 3 is 1.86 bits per heavy atom. The second-order valence-electron chi connectivity index (χ2n) is 13.3. The van der Waals surface area contributed by atoms with E-state index in [9.17, 15) is 0 Å². The third-order valence-corrected chi connectivity index (χ3v) is 10.3. The van der Waals surface area contributed by atoms with Crippen LogP contribution in [0.5, 0.6) is 0 Å².